The Hall–Kier alpha value is -2.11. The van der Waals surface area contributed by atoms with Crippen molar-refractivity contribution in [3.63, 3.8) is 0 Å². The maximum absolute atomic E-state index is 7.63. The van der Waals surface area contributed by atoms with Gasteiger partial charge in [-0.05, 0) is 66.8 Å². The Labute approximate surface area is 248 Å². The summed E-state index contributed by atoms with van der Waals surface area (Å²) >= 11 is 1.80. The van der Waals surface area contributed by atoms with Crippen molar-refractivity contribution in [1.82, 2.24) is 0 Å². The van der Waals surface area contributed by atoms with Crippen LogP contribution < -0.4 is 10.6 Å². The number of aliphatic imine (C=N–C) groups is 1. The fourth-order valence-corrected chi connectivity index (χ4v) is 6.62. The number of aryl methyl sites for hydroxylation is 1. The fraction of sp³-hybridized carbons (Fsp3) is 0.438. The third-order valence-corrected chi connectivity index (χ3v) is 8.86. The second kappa shape index (κ2) is 12.0. The topological polar surface area (TPSA) is 53.7 Å². The van der Waals surface area contributed by atoms with Crippen molar-refractivity contribution in [2.24, 2.45) is 4.99 Å². The molecule has 7 rings (SSSR count). The molecule has 203 valence electrons. The van der Waals surface area contributed by atoms with Crippen LogP contribution in [0.4, 0.5) is 5.88 Å². The molecular weight excluding hydrogens is 667 g/mol. The van der Waals surface area contributed by atoms with Crippen molar-refractivity contribution < 1.29 is 28.6 Å². The summed E-state index contributed by atoms with van der Waals surface area (Å²) in [5, 5.41) is 12.7. The molecule has 0 bridgehead atoms. The summed E-state index contributed by atoms with van der Waals surface area (Å²) in [5.41, 5.74) is 9.90. The van der Waals surface area contributed by atoms with Gasteiger partial charge in [0.05, 0.1) is 0 Å². The molecular formula is C32H35IrN3OS-4. The minimum Gasteiger partial charge on any atom is -0.766 e. The molecule has 5 heterocycles. The van der Waals surface area contributed by atoms with Crippen LogP contribution in [0.25, 0.3) is 22.3 Å². The van der Waals surface area contributed by atoms with Crippen molar-refractivity contribution in [2.75, 3.05) is 6.54 Å². The van der Waals surface area contributed by atoms with E-state index in [2.05, 4.69) is 60.3 Å². The van der Waals surface area contributed by atoms with E-state index in [0.717, 1.165) is 54.1 Å². The quantitative estimate of drug-likeness (QED) is 0.305. The van der Waals surface area contributed by atoms with Gasteiger partial charge < -0.3 is 20.7 Å². The van der Waals surface area contributed by atoms with Crippen molar-refractivity contribution in [3.8, 4) is 0 Å². The van der Waals surface area contributed by atoms with E-state index in [1.54, 1.807) is 11.3 Å². The molecule has 0 spiro atoms. The van der Waals surface area contributed by atoms with Crippen molar-refractivity contribution in [2.45, 2.75) is 84.7 Å². The van der Waals surface area contributed by atoms with Crippen LogP contribution >= 0.6 is 11.3 Å². The zero-order valence-electron chi connectivity index (χ0n) is 25.0. The van der Waals surface area contributed by atoms with Gasteiger partial charge in [0.2, 0.25) is 5.88 Å². The molecule has 0 N–H and O–H groups in total. The van der Waals surface area contributed by atoms with E-state index in [1.165, 1.54) is 52.1 Å². The fourth-order valence-electron chi connectivity index (χ4n) is 5.63. The van der Waals surface area contributed by atoms with Crippen LogP contribution in [0.3, 0.4) is 0 Å². The average molecular weight is 705 g/mol. The molecule has 0 amide bonds. The van der Waals surface area contributed by atoms with Gasteiger partial charge >= 0.3 is 0 Å². The van der Waals surface area contributed by atoms with Gasteiger partial charge in [0.15, 0.2) is 0 Å². The zero-order chi connectivity index (χ0) is 27.9. The Morgan fingerprint density at radius 1 is 1.16 bits per heavy atom. The maximum atomic E-state index is 7.63. The van der Waals surface area contributed by atoms with Gasteiger partial charge in [0.25, 0.3) is 0 Å². The molecule has 3 aliphatic heterocycles. The van der Waals surface area contributed by atoms with E-state index in [1.807, 2.05) is 0 Å². The first-order valence-corrected chi connectivity index (χ1v) is 14.3. The van der Waals surface area contributed by atoms with E-state index in [0.29, 0.717) is 18.7 Å². The molecule has 0 saturated carbocycles. The minimum atomic E-state index is -2.15. The summed E-state index contributed by atoms with van der Waals surface area (Å²) in [6.45, 7) is 3.77. The van der Waals surface area contributed by atoms with E-state index in [-0.39, 0.29) is 31.9 Å². The molecule has 1 atom stereocenters. The van der Waals surface area contributed by atoms with E-state index in [9.17, 15) is 0 Å². The molecule has 38 heavy (non-hydrogen) atoms. The third kappa shape index (κ3) is 5.60. The third-order valence-electron chi connectivity index (χ3n) is 7.72. The Kier molecular flexibility index (Phi) is 7.47. The van der Waals surface area contributed by atoms with Gasteiger partial charge in [-0.15, -0.1) is 31.6 Å². The number of allylic oxidation sites excluding steroid dienone is 4. The molecule has 2 aromatic rings. The molecule has 0 saturated heterocycles. The predicted octanol–water partition coefficient (Wildman–Crippen LogP) is 7.23. The molecule has 2 aromatic heterocycles. The molecule has 1 radical (unpaired) electrons. The molecule has 0 fully saturated rings. The second-order valence-electron chi connectivity index (χ2n) is 10.4. The number of hydrogen-bond acceptors (Lipinski definition) is 3. The van der Waals surface area contributed by atoms with Gasteiger partial charge in [-0.2, -0.15) is 23.0 Å². The van der Waals surface area contributed by atoms with Crippen LogP contribution in [-0.2, 0) is 39.5 Å². The van der Waals surface area contributed by atoms with Crippen LogP contribution in [0.2, 0.25) is 0 Å². The standard InChI is InChI=1S/C20H20N2OS.C12H15N.Ir/c1-11-10-24-18-9-21-17(8-16(11)18)15-5-3-4-13-14-7-6-12(2)22-20(14)23-19(13)15;1-10-7-8-12(13-9-10)11-5-3-2-4-6-11;/h4-5,10,17H,3,6-9H2,1-2H3;7-8H,2-5,9H2,1H3;/q2*-2;/t17-;;/m1../s1/i2D3;;. The van der Waals surface area contributed by atoms with E-state index >= 15 is 0 Å². The molecule has 5 aliphatic rings. The molecule has 0 unspecified atom stereocenters. The summed E-state index contributed by atoms with van der Waals surface area (Å²) in [7, 11) is 0. The predicted molar refractivity (Wildman–Crippen MR) is 155 cm³/mol. The van der Waals surface area contributed by atoms with E-state index < -0.39 is 6.85 Å². The van der Waals surface area contributed by atoms with Crippen LogP contribution in [0.1, 0.15) is 78.0 Å². The Morgan fingerprint density at radius 2 is 2.08 bits per heavy atom. The monoisotopic (exact) mass is 705 g/mol. The summed E-state index contributed by atoms with van der Waals surface area (Å²) in [4.78, 5) is 5.73. The zero-order valence-corrected chi connectivity index (χ0v) is 25.2. The first kappa shape index (κ1) is 23.7. The number of thiophene rings is 1. The summed E-state index contributed by atoms with van der Waals surface area (Å²) < 4.78 is 29.0. The molecule has 4 nitrogen and oxygen atoms in total. The Balaban J connectivity index is 0.000000204. The summed E-state index contributed by atoms with van der Waals surface area (Å²) in [5.74, 6) is 0.477. The van der Waals surface area contributed by atoms with Crippen LogP contribution in [0, 0.1) is 19.4 Å². The van der Waals surface area contributed by atoms with Gasteiger partial charge in [-0.3, -0.25) is 6.08 Å². The Bertz CT molecular complexity index is 1560. The smallest absolute Gasteiger partial charge is 0.203 e. The van der Waals surface area contributed by atoms with Crippen molar-refractivity contribution >= 4 is 34.6 Å². The maximum Gasteiger partial charge on any atom is 0.203 e. The average Bonchev–Trinajstić information content (AvgIpc) is 3.53. The number of rotatable bonds is 2. The number of fused-ring (bicyclic) bond motifs is 4. The number of furan rings is 1. The molecule has 2 aliphatic carbocycles. The SMILES string of the molecule is CC1=CC=C(C2=[C-]CCCC2)[N-]C1.[2H]C([2H])([2H])C1=Nc2oc3c(c2CC1)=CC[CH-]C=3[C@H]1Cc2c(C)csc2C[N-]1.[Ir]. The van der Waals surface area contributed by atoms with Crippen LogP contribution in [0.15, 0.2) is 43.8 Å². The second-order valence-corrected chi connectivity index (χ2v) is 11.4. The van der Waals surface area contributed by atoms with Gasteiger partial charge in [0, 0.05) is 35.5 Å². The van der Waals surface area contributed by atoms with Crippen molar-refractivity contribution in [1.29, 1.82) is 0 Å². The number of nitrogens with zero attached hydrogens (tertiary/aromatic N) is 3. The van der Waals surface area contributed by atoms with E-state index in [4.69, 9.17) is 13.8 Å². The largest absolute Gasteiger partial charge is 0.766 e. The minimum absolute atomic E-state index is 0. The normalized spacial score (nSPS) is 23.2. The van der Waals surface area contributed by atoms with Crippen LogP contribution in [-0.4, -0.2) is 18.3 Å². The van der Waals surface area contributed by atoms with Crippen LogP contribution in [0.5, 0.6) is 0 Å². The first-order valence-electron chi connectivity index (χ1n) is 14.9. The van der Waals surface area contributed by atoms with Gasteiger partial charge in [0.1, 0.15) is 0 Å². The van der Waals surface area contributed by atoms with Crippen molar-refractivity contribution in [3.05, 3.63) is 89.7 Å². The Morgan fingerprint density at radius 3 is 2.87 bits per heavy atom. The number of hydrogen-bond donors (Lipinski definition) is 0. The summed E-state index contributed by atoms with van der Waals surface area (Å²) in [6.07, 6.45) is 19.9. The first-order chi connectivity index (χ1) is 19.3. The molecule has 6 heteroatoms. The summed E-state index contributed by atoms with van der Waals surface area (Å²) in [6, 6.07) is 0.0944. The van der Waals surface area contributed by atoms with Gasteiger partial charge in [-0.1, -0.05) is 42.6 Å². The van der Waals surface area contributed by atoms with Gasteiger partial charge in [-0.25, -0.2) is 17.0 Å². The molecule has 0 aromatic carbocycles.